The van der Waals surface area contributed by atoms with Gasteiger partial charge in [-0.2, -0.15) is 0 Å². The predicted molar refractivity (Wildman–Crippen MR) is 230 cm³/mol. The summed E-state index contributed by atoms with van der Waals surface area (Å²) in [6.45, 7) is 14.0. The number of ether oxygens (including phenoxy) is 3. The molecule has 0 aliphatic carbocycles. The lowest BCUT2D eigenvalue weighted by molar-refractivity contribution is -0.139. The monoisotopic (exact) mass is 832 g/mol. The van der Waals surface area contributed by atoms with Crippen LogP contribution in [0, 0.1) is 11.3 Å². The number of imidazole rings is 2. The lowest BCUT2D eigenvalue weighted by atomic mass is 9.85. The molecular formula is C46H56N8O7. The first kappa shape index (κ1) is 41.6. The molecule has 5 heterocycles. The highest BCUT2D eigenvalue weighted by Gasteiger charge is 2.44. The Kier molecular flexibility index (Phi) is 10.9. The maximum Gasteiger partial charge on any atom is 0.407 e. The summed E-state index contributed by atoms with van der Waals surface area (Å²) < 4.78 is 16.1. The van der Waals surface area contributed by atoms with Crippen molar-refractivity contribution in [1.29, 1.82) is 0 Å². The topological polar surface area (TPSA) is 184 Å². The first-order valence-electron chi connectivity index (χ1n) is 21.2. The molecule has 4 N–H and O–H groups in total. The molecule has 0 radical (unpaired) electrons. The largest absolute Gasteiger partial charge is 0.488 e. The van der Waals surface area contributed by atoms with Crippen LogP contribution in [0.3, 0.4) is 0 Å². The van der Waals surface area contributed by atoms with Gasteiger partial charge in [0.25, 0.3) is 0 Å². The number of benzene rings is 3. The average molecular weight is 833 g/mol. The number of amides is 4. The van der Waals surface area contributed by atoms with Crippen molar-refractivity contribution in [2.45, 2.75) is 117 Å². The van der Waals surface area contributed by atoms with Crippen LogP contribution in [0.2, 0.25) is 0 Å². The quantitative estimate of drug-likeness (QED) is 0.121. The summed E-state index contributed by atoms with van der Waals surface area (Å²) in [5.41, 5.74) is 6.04. The zero-order valence-electron chi connectivity index (χ0n) is 36.3. The van der Waals surface area contributed by atoms with Gasteiger partial charge in [0.15, 0.2) is 0 Å². The lowest BCUT2D eigenvalue weighted by Crippen LogP contribution is -2.55. The van der Waals surface area contributed by atoms with Crippen LogP contribution in [0.25, 0.3) is 44.2 Å². The van der Waals surface area contributed by atoms with Gasteiger partial charge in [-0.1, -0.05) is 52.8 Å². The number of hydrogen-bond donors (Lipinski definition) is 4. The lowest BCUT2D eigenvalue weighted by Gasteiger charge is -2.36. The molecule has 5 aromatic rings. The predicted octanol–water partition coefficient (Wildman–Crippen LogP) is 7.92. The average Bonchev–Trinajstić information content (AvgIpc) is 4.05. The Morgan fingerprint density at radius 1 is 0.820 bits per heavy atom. The van der Waals surface area contributed by atoms with Crippen molar-refractivity contribution in [2.75, 3.05) is 14.2 Å². The van der Waals surface area contributed by atoms with Crippen molar-refractivity contribution in [3.05, 3.63) is 65.9 Å². The Bertz CT molecular complexity index is 2520. The summed E-state index contributed by atoms with van der Waals surface area (Å²) in [5.74, 6) is 1.74. The van der Waals surface area contributed by atoms with E-state index in [9.17, 15) is 19.2 Å². The molecule has 15 nitrogen and oxygen atoms in total. The van der Waals surface area contributed by atoms with E-state index < -0.39 is 29.7 Å². The number of fused-ring (bicyclic) bond motifs is 6. The number of hydrogen-bond acceptors (Lipinski definition) is 9. The van der Waals surface area contributed by atoms with Gasteiger partial charge in [0.05, 0.1) is 49.2 Å². The van der Waals surface area contributed by atoms with Crippen LogP contribution in [0.1, 0.15) is 103 Å². The van der Waals surface area contributed by atoms with Gasteiger partial charge in [-0.15, -0.1) is 0 Å². The highest BCUT2D eigenvalue weighted by atomic mass is 16.5. The van der Waals surface area contributed by atoms with E-state index in [4.69, 9.17) is 24.2 Å². The highest BCUT2D eigenvalue weighted by Crippen LogP contribution is 2.44. The molecule has 15 heteroatoms. The fraction of sp³-hybridized carbons (Fsp3) is 0.478. The number of nitrogens with one attached hydrogen (secondary N) is 4. The standard InChI is InChI=1S/C46H56N8O7/c1-23(2)37(51-44(57)59-8)42(55)53-24(3)11-17-35(53)41-48-32-15-13-26-19-31-29-14-12-27(18-28(29)22-61-36(31)20-30(26)38(32)50-41)33-21-47-40(49-33)34-16-10-25(4)54(34)43(56)39(46(5,6)7)52-45(58)60-9/h12-15,18-21,23-25,34-35,37,39H,10-11,16-17,22H2,1-9H3,(H,47,49)(H,48,50)(H,51,57)(H,52,58)/t24-,25-,34-,35-,37-,39+/m0/s1. The second kappa shape index (κ2) is 16.1. The highest BCUT2D eigenvalue weighted by molar-refractivity contribution is 6.07. The summed E-state index contributed by atoms with van der Waals surface area (Å²) >= 11 is 0. The van der Waals surface area contributed by atoms with E-state index >= 15 is 0 Å². The van der Waals surface area contributed by atoms with Crippen LogP contribution in [0.5, 0.6) is 5.75 Å². The number of aromatic nitrogens is 4. The fourth-order valence-corrected chi connectivity index (χ4v) is 9.37. The van der Waals surface area contributed by atoms with Crippen molar-refractivity contribution in [3.8, 4) is 28.1 Å². The summed E-state index contributed by atoms with van der Waals surface area (Å²) in [4.78, 5) is 73.0. The number of aromatic amines is 2. The Hall–Kier alpha value is -6.12. The van der Waals surface area contributed by atoms with Crippen LogP contribution in [0.4, 0.5) is 9.59 Å². The van der Waals surface area contributed by atoms with Crippen LogP contribution in [0.15, 0.2) is 48.7 Å². The van der Waals surface area contributed by atoms with Gasteiger partial charge in [-0.3, -0.25) is 9.59 Å². The number of methoxy groups -OCH3 is 2. The molecule has 2 fully saturated rings. The first-order chi connectivity index (χ1) is 29.1. The third kappa shape index (κ3) is 7.63. The number of alkyl carbamates (subject to hydrolysis) is 2. The molecule has 2 saturated heterocycles. The Morgan fingerprint density at radius 2 is 1.49 bits per heavy atom. The summed E-state index contributed by atoms with van der Waals surface area (Å²) in [6.07, 6.45) is 3.66. The molecule has 4 amide bonds. The number of likely N-dealkylation sites (tertiary alicyclic amines) is 2. The van der Waals surface area contributed by atoms with E-state index in [0.29, 0.717) is 18.3 Å². The molecule has 2 aromatic heterocycles. The normalized spacial score (nSPS) is 20.9. The van der Waals surface area contributed by atoms with Gasteiger partial charge in [-0.25, -0.2) is 19.6 Å². The van der Waals surface area contributed by atoms with E-state index in [-0.39, 0.29) is 41.9 Å². The summed E-state index contributed by atoms with van der Waals surface area (Å²) in [6, 6.07) is 12.5. The van der Waals surface area contributed by atoms with E-state index in [1.54, 1.807) is 0 Å². The molecule has 8 rings (SSSR count). The number of nitrogens with zero attached hydrogens (tertiary/aromatic N) is 4. The molecule has 3 aromatic carbocycles. The van der Waals surface area contributed by atoms with E-state index in [1.807, 2.05) is 70.5 Å². The minimum absolute atomic E-state index is 0.0266. The molecule has 3 aliphatic rings. The van der Waals surface area contributed by atoms with Crippen LogP contribution in [-0.2, 0) is 25.7 Å². The number of carbonyl (C=O) groups excluding carboxylic acids is 4. The SMILES string of the molecule is COC(=O)N[C@H](C(=O)N1[C@@H](C)CC[C@H]1c1nc2ccc3cc4c(cc3c2[nH]1)OCc1cc(-c2cnc([C@@H]3CC[C@H](C)N3C(=O)[C@@H](NC(=O)OC)C(C)(C)C)[nH]2)ccc1-4)C(C)C. The van der Waals surface area contributed by atoms with Gasteiger partial charge in [0.2, 0.25) is 11.8 Å². The molecule has 6 atom stereocenters. The van der Waals surface area contributed by atoms with Gasteiger partial charge in [-0.05, 0) is 97.2 Å². The molecule has 3 aliphatic heterocycles. The van der Waals surface area contributed by atoms with E-state index in [1.165, 1.54) is 14.2 Å². The first-order valence-corrected chi connectivity index (χ1v) is 21.2. The van der Waals surface area contributed by atoms with Gasteiger partial charge in [0, 0.05) is 23.0 Å². The van der Waals surface area contributed by atoms with Crippen molar-refractivity contribution < 1.29 is 33.4 Å². The Labute approximate surface area is 355 Å². The minimum Gasteiger partial charge on any atom is -0.488 e. The summed E-state index contributed by atoms with van der Waals surface area (Å²) in [7, 11) is 2.59. The fourth-order valence-electron chi connectivity index (χ4n) is 9.37. The van der Waals surface area contributed by atoms with Crippen molar-refractivity contribution in [1.82, 2.24) is 40.4 Å². The molecule has 0 bridgehead atoms. The zero-order valence-corrected chi connectivity index (χ0v) is 36.3. The maximum atomic E-state index is 14.1. The summed E-state index contributed by atoms with van der Waals surface area (Å²) in [5, 5.41) is 7.50. The van der Waals surface area contributed by atoms with Crippen molar-refractivity contribution in [2.24, 2.45) is 11.3 Å². The molecule has 61 heavy (non-hydrogen) atoms. The third-order valence-corrected chi connectivity index (χ3v) is 12.7. The molecular weight excluding hydrogens is 777 g/mol. The molecule has 0 saturated carbocycles. The minimum atomic E-state index is -0.771. The second-order valence-electron chi connectivity index (χ2n) is 18.2. The van der Waals surface area contributed by atoms with Gasteiger partial charge < -0.3 is 44.6 Å². The maximum absolute atomic E-state index is 14.1. The smallest absolute Gasteiger partial charge is 0.407 e. The van der Waals surface area contributed by atoms with Crippen molar-refractivity contribution in [3.63, 3.8) is 0 Å². The van der Waals surface area contributed by atoms with Crippen LogP contribution in [-0.4, -0.2) is 92.1 Å². The molecule has 0 unspecified atom stereocenters. The van der Waals surface area contributed by atoms with Crippen LogP contribution < -0.4 is 15.4 Å². The van der Waals surface area contributed by atoms with E-state index in [0.717, 1.165) is 81.2 Å². The Balaban J connectivity index is 1.05. The Morgan fingerprint density at radius 3 is 2.16 bits per heavy atom. The number of carbonyl (C=O) groups is 4. The van der Waals surface area contributed by atoms with E-state index in [2.05, 4.69) is 57.0 Å². The third-order valence-electron chi connectivity index (χ3n) is 12.7. The zero-order chi connectivity index (χ0) is 43.5. The number of rotatable bonds is 8. The van der Waals surface area contributed by atoms with Gasteiger partial charge >= 0.3 is 12.2 Å². The van der Waals surface area contributed by atoms with Crippen molar-refractivity contribution >= 4 is 45.8 Å². The van der Waals surface area contributed by atoms with Gasteiger partial charge in [0.1, 0.15) is 36.1 Å². The molecule has 322 valence electrons. The van der Waals surface area contributed by atoms with Crippen LogP contribution >= 0.6 is 0 Å². The number of H-pyrrole nitrogens is 2. The second-order valence-corrected chi connectivity index (χ2v) is 18.2. The molecule has 0 spiro atoms.